The number of allylic oxidation sites excluding steroid dienone is 2. The van der Waals surface area contributed by atoms with Crippen molar-refractivity contribution in [1.82, 2.24) is 0 Å². The fourth-order valence-corrected chi connectivity index (χ4v) is 11.1. The lowest BCUT2D eigenvalue weighted by atomic mass is 9.37. The molecule has 5 rings (SSSR count). The molecule has 258 valence electrons. The van der Waals surface area contributed by atoms with E-state index in [-0.39, 0.29) is 23.2 Å². The summed E-state index contributed by atoms with van der Waals surface area (Å²) >= 11 is 0. The molecule has 15 atom stereocenters. The van der Waals surface area contributed by atoms with E-state index in [9.17, 15) is 35.7 Å². The van der Waals surface area contributed by atoms with E-state index < -0.39 is 77.5 Å². The van der Waals surface area contributed by atoms with E-state index in [1.165, 1.54) is 0 Å². The predicted molar refractivity (Wildman–Crippen MR) is 170 cm³/mol. The molecule has 0 spiro atoms. The first-order valence-electron chi connectivity index (χ1n) is 17.2. The molecule has 0 aromatic rings. The van der Waals surface area contributed by atoms with Gasteiger partial charge in [0.1, 0.15) is 24.4 Å². The third-order valence-electron chi connectivity index (χ3n) is 14.0. The van der Waals surface area contributed by atoms with Crippen molar-refractivity contribution in [1.29, 1.82) is 0 Å². The van der Waals surface area contributed by atoms with Crippen LogP contribution in [-0.4, -0.2) is 97.0 Å². The van der Waals surface area contributed by atoms with Gasteiger partial charge in [0, 0.05) is 10.8 Å². The van der Waals surface area contributed by atoms with E-state index in [2.05, 4.69) is 40.7 Å². The summed E-state index contributed by atoms with van der Waals surface area (Å²) < 4.78 is 12.5. The molecule has 1 heterocycles. The summed E-state index contributed by atoms with van der Waals surface area (Å²) in [4.78, 5) is 0. The second-order valence-corrected chi connectivity index (χ2v) is 16.9. The summed E-state index contributed by atoms with van der Waals surface area (Å²) in [5.74, 6) is -0.385. The van der Waals surface area contributed by atoms with E-state index in [1.807, 2.05) is 26.8 Å². The average molecular weight is 637 g/mol. The SMILES string of the molecule is CC(C)=CCC[C@](C)(O[C@@H]1O[C@H](CO)[C@@H](O)[C@H](O)[C@H]1O)[C@H]1CC[C@]2(C)[C@H]1[C@H](O)C[C@H]1[C@@]2(C)[C@@H](O)C=C2C(C)(C)[C@@H](O)CC[C@@]21C. The van der Waals surface area contributed by atoms with Gasteiger partial charge >= 0.3 is 0 Å². The van der Waals surface area contributed by atoms with Crippen LogP contribution in [0.25, 0.3) is 0 Å². The molecule has 45 heavy (non-hydrogen) atoms. The van der Waals surface area contributed by atoms with E-state index >= 15 is 0 Å². The van der Waals surface area contributed by atoms with E-state index in [0.29, 0.717) is 25.7 Å². The van der Waals surface area contributed by atoms with Crippen LogP contribution in [0.3, 0.4) is 0 Å². The van der Waals surface area contributed by atoms with Crippen molar-refractivity contribution in [3.8, 4) is 0 Å². The highest BCUT2D eigenvalue weighted by molar-refractivity contribution is 5.36. The zero-order chi connectivity index (χ0) is 33.5. The third kappa shape index (κ3) is 5.23. The first kappa shape index (κ1) is 35.4. The number of aliphatic hydroxyl groups is 7. The Morgan fingerprint density at radius 3 is 2.27 bits per heavy atom. The maximum Gasteiger partial charge on any atom is 0.187 e. The highest BCUT2D eigenvalue weighted by Crippen LogP contribution is 2.74. The Hall–Kier alpha value is -0.880. The van der Waals surface area contributed by atoms with Gasteiger partial charge < -0.3 is 45.2 Å². The lowest BCUT2D eigenvalue weighted by Crippen LogP contribution is -2.68. The lowest BCUT2D eigenvalue weighted by molar-refractivity contribution is -0.336. The molecule has 9 heteroatoms. The molecule has 0 unspecified atom stereocenters. The average Bonchev–Trinajstić information content (AvgIpc) is 3.35. The number of fused-ring (bicyclic) bond motifs is 5. The van der Waals surface area contributed by atoms with Gasteiger partial charge in [0.05, 0.1) is 30.5 Å². The molecule has 0 aromatic heterocycles. The van der Waals surface area contributed by atoms with Crippen LogP contribution in [-0.2, 0) is 9.47 Å². The van der Waals surface area contributed by atoms with Crippen LogP contribution in [0.5, 0.6) is 0 Å². The molecular weight excluding hydrogens is 576 g/mol. The number of hydrogen-bond acceptors (Lipinski definition) is 9. The topological polar surface area (TPSA) is 160 Å². The van der Waals surface area contributed by atoms with Crippen LogP contribution in [0.2, 0.25) is 0 Å². The molecule has 5 aliphatic rings. The summed E-state index contributed by atoms with van der Waals surface area (Å²) in [5.41, 5.74) is -0.398. The van der Waals surface area contributed by atoms with Gasteiger partial charge in [0.2, 0.25) is 0 Å². The minimum absolute atomic E-state index is 0.00470. The molecule has 3 saturated carbocycles. The van der Waals surface area contributed by atoms with E-state index in [1.54, 1.807) is 0 Å². The summed E-state index contributed by atoms with van der Waals surface area (Å²) in [6, 6.07) is 0. The Balaban J connectivity index is 1.54. The Labute approximate surface area is 269 Å². The molecule has 1 aliphatic heterocycles. The fraction of sp³-hybridized carbons (Fsp3) is 0.889. The van der Waals surface area contributed by atoms with E-state index in [4.69, 9.17) is 9.47 Å². The van der Waals surface area contributed by atoms with Gasteiger partial charge in [-0.25, -0.2) is 0 Å². The molecule has 9 nitrogen and oxygen atoms in total. The standard InChI is InChI=1S/C36H60O9/c1-19(2)10-9-13-35(7,45-31-30(43)29(42)28(41)22(18-37)44-31)20-11-15-34(6)27(20)21(38)16-24-33(5)14-12-25(39)32(3,4)23(33)17-26(40)36(24,34)8/h10,17,20-22,24-31,37-43H,9,11-16,18H2,1-8H3/t20-,21+,22+,24+,25-,26-,27+,28+,29-,30+,31-,33-,34+,35-,36-/m0/s1. The number of aliphatic hydroxyl groups excluding tert-OH is 7. The quantitative estimate of drug-likeness (QED) is 0.208. The fourth-order valence-electron chi connectivity index (χ4n) is 11.1. The zero-order valence-corrected chi connectivity index (χ0v) is 28.6. The van der Waals surface area contributed by atoms with Crippen LogP contribution in [0.15, 0.2) is 23.3 Å². The number of rotatable bonds is 7. The molecule has 0 aromatic carbocycles. The van der Waals surface area contributed by atoms with Gasteiger partial charge in [0.25, 0.3) is 0 Å². The van der Waals surface area contributed by atoms with Crippen molar-refractivity contribution in [3.63, 3.8) is 0 Å². The molecule has 0 amide bonds. The number of ether oxygens (including phenoxy) is 2. The first-order valence-corrected chi connectivity index (χ1v) is 17.2. The van der Waals surface area contributed by atoms with Gasteiger partial charge in [-0.1, -0.05) is 57.9 Å². The first-order chi connectivity index (χ1) is 20.8. The van der Waals surface area contributed by atoms with Crippen LogP contribution < -0.4 is 0 Å². The second kappa shape index (κ2) is 11.9. The van der Waals surface area contributed by atoms with E-state index in [0.717, 1.165) is 30.4 Å². The van der Waals surface area contributed by atoms with Crippen molar-refractivity contribution in [2.75, 3.05) is 6.61 Å². The summed E-state index contributed by atoms with van der Waals surface area (Å²) in [7, 11) is 0. The largest absolute Gasteiger partial charge is 0.394 e. The van der Waals surface area contributed by atoms with Crippen molar-refractivity contribution < 1.29 is 45.2 Å². The van der Waals surface area contributed by atoms with Crippen molar-refractivity contribution >= 4 is 0 Å². The summed E-state index contributed by atoms with van der Waals surface area (Å²) in [5, 5.41) is 77.0. The number of hydrogen-bond donors (Lipinski definition) is 7. The second-order valence-electron chi connectivity index (χ2n) is 16.9. The lowest BCUT2D eigenvalue weighted by Gasteiger charge is -2.69. The Kier molecular flexibility index (Phi) is 9.38. The Morgan fingerprint density at radius 2 is 1.64 bits per heavy atom. The van der Waals surface area contributed by atoms with Crippen LogP contribution in [0.1, 0.15) is 100 Å². The maximum atomic E-state index is 12.2. The monoisotopic (exact) mass is 636 g/mol. The van der Waals surface area contributed by atoms with Gasteiger partial charge in [-0.05, 0) is 94.3 Å². The highest BCUT2D eigenvalue weighted by Gasteiger charge is 2.72. The van der Waals surface area contributed by atoms with Gasteiger partial charge in [0.15, 0.2) is 6.29 Å². The molecule has 4 aliphatic carbocycles. The predicted octanol–water partition coefficient (Wildman–Crippen LogP) is 3.22. The van der Waals surface area contributed by atoms with Crippen LogP contribution in [0, 0.1) is 39.4 Å². The normalized spacial score (nSPS) is 50.5. The minimum atomic E-state index is -1.55. The Bertz CT molecular complexity index is 1160. The van der Waals surface area contributed by atoms with Crippen LogP contribution in [0.4, 0.5) is 0 Å². The summed E-state index contributed by atoms with van der Waals surface area (Å²) in [6.45, 7) is 16.4. The molecule has 0 radical (unpaired) electrons. The van der Waals surface area contributed by atoms with Crippen molar-refractivity contribution in [2.45, 2.75) is 155 Å². The van der Waals surface area contributed by atoms with Crippen molar-refractivity contribution in [3.05, 3.63) is 23.3 Å². The van der Waals surface area contributed by atoms with Crippen molar-refractivity contribution in [2.24, 2.45) is 39.4 Å². The van der Waals surface area contributed by atoms with Gasteiger partial charge in [-0.2, -0.15) is 0 Å². The molecule has 0 bridgehead atoms. The van der Waals surface area contributed by atoms with Gasteiger partial charge in [-0.15, -0.1) is 0 Å². The molecular formula is C36H60O9. The zero-order valence-electron chi connectivity index (χ0n) is 28.6. The summed E-state index contributed by atoms with van der Waals surface area (Å²) in [6.07, 6.45) is 0.100. The molecule has 4 fully saturated rings. The minimum Gasteiger partial charge on any atom is -0.394 e. The highest BCUT2D eigenvalue weighted by atomic mass is 16.7. The molecule has 1 saturated heterocycles. The smallest absolute Gasteiger partial charge is 0.187 e. The van der Waals surface area contributed by atoms with Crippen LogP contribution >= 0.6 is 0 Å². The Morgan fingerprint density at radius 1 is 0.978 bits per heavy atom. The third-order valence-corrected chi connectivity index (χ3v) is 14.0. The maximum absolute atomic E-state index is 12.2. The molecule has 7 N–H and O–H groups in total. The van der Waals surface area contributed by atoms with Gasteiger partial charge in [-0.3, -0.25) is 0 Å².